The summed E-state index contributed by atoms with van der Waals surface area (Å²) in [5.41, 5.74) is -0.557. The second kappa shape index (κ2) is 6.02. The Balaban J connectivity index is 2.38. The van der Waals surface area contributed by atoms with Crippen LogP contribution in [0, 0.1) is 21.4 Å². The van der Waals surface area contributed by atoms with Crippen LogP contribution in [0.2, 0.25) is 5.02 Å². The van der Waals surface area contributed by atoms with Gasteiger partial charge in [-0.2, -0.15) is 0 Å². The predicted octanol–water partition coefficient (Wildman–Crippen LogP) is 4.07. The Labute approximate surface area is 128 Å². The number of hydrogen-bond acceptors (Lipinski definition) is 3. The van der Waals surface area contributed by atoms with Gasteiger partial charge >= 0.3 is 5.97 Å². The van der Waals surface area contributed by atoms with Crippen LogP contribution in [0.3, 0.4) is 0 Å². The molecule has 2 unspecified atom stereocenters. The Morgan fingerprint density at radius 2 is 2.29 bits per heavy atom. The third-order valence-corrected chi connectivity index (χ3v) is 4.55. The van der Waals surface area contributed by atoms with Gasteiger partial charge in [-0.05, 0) is 31.2 Å². The van der Waals surface area contributed by atoms with Crippen LogP contribution in [0.5, 0.6) is 0 Å². The van der Waals surface area contributed by atoms with E-state index in [4.69, 9.17) is 11.6 Å². The molecule has 1 aromatic rings. The van der Waals surface area contributed by atoms with E-state index in [-0.39, 0.29) is 17.1 Å². The van der Waals surface area contributed by atoms with E-state index in [0.717, 1.165) is 12.8 Å². The molecule has 1 fully saturated rings. The van der Waals surface area contributed by atoms with Gasteiger partial charge in [-0.25, -0.2) is 0 Å². The van der Waals surface area contributed by atoms with Gasteiger partial charge < -0.3 is 5.11 Å². The number of nitro groups is 1. The van der Waals surface area contributed by atoms with Crippen molar-refractivity contribution in [3.05, 3.63) is 38.9 Å². The van der Waals surface area contributed by atoms with Crippen LogP contribution in [-0.2, 0) is 11.2 Å². The highest BCUT2D eigenvalue weighted by Crippen LogP contribution is 2.43. The lowest BCUT2D eigenvalue weighted by Gasteiger charge is -2.36. The van der Waals surface area contributed by atoms with Gasteiger partial charge in [-0.1, -0.05) is 37.4 Å². The number of nitrogens with zero attached hydrogens (tertiary/aromatic N) is 1. The van der Waals surface area contributed by atoms with Crippen LogP contribution in [-0.4, -0.2) is 16.0 Å². The number of rotatable bonds is 4. The summed E-state index contributed by atoms with van der Waals surface area (Å²) in [5, 5.41) is 21.1. The first-order chi connectivity index (χ1) is 9.84. The maximum absolute atomic E-state index is 11.8. The fourth-order valence-corrected chi connectivity index (χ4v) is 3.48. The van der Waals surface area contributed by atoms with E-state index in [1.54, 1.807) is 12.1 Å². The summed E-state index contributed by atoms with van der Waals surface area (Å²) in [5.74, 6) is -0.542. The van der Waals surface area contributed by atoms with Crippen molar-refractivity contribution in [1.82, 2.24) is 0 Å². The van der Waals surface area contributed by atoms with Gasteiger partial charge in [0.15, 0.2) is 0 Å². The minimum absolute atomic E-state index is 0.0960. The van der Waals surface area contributed by atoms with Crippen molar-refractivity contribution in [3.63, 3.8) is 0 Å². The van der Waals surface area contributed by atoms with E-state index in [2.05, 4.69) is 0 Å². The summed E-state index contributed by atoms with van der Waals surface area (Å²) < 4.78 is 0. The molecular formula is C15H18ClNO4. The van der Waals surface area contributed by atoms with Crippen molar-refractivity contribution >= 4 is 23.3 Å². The fourth-order valence-electron chi connectivity index (χ4n) is 3.31. The third-order valence-electron chi connectivity index (χ3n) is 4.32. The summed E-state index contributed by atoms with van der Waals surface area (Å²) in [6, 6.07) is 4.44. The molecule has 1 aliphatic carbocycles. The molecule has 114 valence electrons. The average molecular weight is 312 g/mol. The molecule has 0 aliphatic heterocycles. The van der Waals surface area contributed by atoms with Crippen molar-refractivity contribution in [2.45, 2.75) is 39.0 Å². The van der Waals surface area contributed by atoms with Crippen LogP contribution in [0.1, 0.15) is 38.2 Å². The highest BCUT2D eigenvalue weighted by atomic mass is 35.5. The molecule has 0 heterocycles. The third kappa shape index (κ3) is 3.35. The molecule has 0 radical (unpaired) electrons. The van der Waals surface area contributed by atoms with Gasteiger partial charge in [0.1, 0.15) is 0 Å². The number of carboxylic acid groups (broad SMARTS) is 1. The zero-order chi connectivity index (χ0) is 15.6. The van der Waals surface area contributed by atoms with Gasteiger partial charge in [-0.15, -0.1) is 0 Å². The number of benzene rings is 1. The van der Waals surface area contributed by atoms with E-state index >= 15 is 0 Å². The van der Waals surface area contributed by atoms with Gasteiger partial charge in [-0.3, -0.25) is 14.9 Å². The Kier molecular flexibility index (Phi) is 4.52. The normalized spacial score (nSPS) is 25.5. The molecule has 2 rings (SSSR count). The van der Waals surface area contributed by atoms with E-state index < -0.39 is 16.3 Å². The molecule has 1 saturated carbocycles. The van der Waals surface area contributed by atoms with E-state index in [1.807, 2.05) is 6.92 Å². The highest BCUT2D eigenvalue weighted by molar-refractivity contribution is 6.30. The maximum Gasteiger partial charge on any atom is 0.309 e. The number of carboxylic acids is 1. The molecule has 1 aromatic carbocycles. The summed E-state index contributed by atoms with van der Waals surface area (Å²) in [6.07, 6.45) is 3.15. The molecule has 1 aliphatic rings. The van der Waals surface area contributed by atoms with Crippen molar-refractivity contribution in [1.29, 1.82) is 0 Å². The molecule has 0 amide bonds. The zero-order valence-electron chi connectivity index (χ0n) is 11.8. The Morgan fingerprint density at radius 3 is 2.86 bits per heavy atom. The standard InChI is InChI=1S/C15H18ClNO4/c1-10-3-2-6-15(8-10,14(18)19)9-11-4-5-12(16)7-13(11)17(20)21/h4-5,7,10H,2-3,6,8-9H2,1H3,(H,18,19). The van der Waals surface area contributed by atoms with Gasteiger partial charge in [0.05, 0.1) is 10.3 Å². The minimum atomic E-state index is -0.906. The molecule has 0 aromatic heterocycles. The lowest BCUT2D eigenvalue weighted by Crippen LogP contribution is -2.38. The molecule has 5 nitrogen and oxygen atoms in total. The second-order valence-corrected chi connectivity index (χ2v) is 6.43. The number of hydrogen-bond donors (Lipinski definition) is 1. The number of aliphatic carboxylic acids is 1. The molecule has 1 N–H and O–H groups in total. The monoisotopic (exact) mass is 311 g/mol. The van der Waals surface area contributed by atoms with E-state index in [9.17, 15) is 20.0 Å². The number of carbonyl (C=O) groups is 1. The van der Waals surface area contributed by atoms with Crippen molar-refractivity contribution < 1.29 is 14.8 Å². The first kappa shape index (κ1) is 15.8. The summed E-state index contributed by atoms with van der Waals surface area (Å²) in [7, 11) is 0. The maximum atomic E-state index is 11.8. The molecule has 0 saturated heterocycles. The van der Waals surface area contributed by atoms with Crippen molar-refractivity contribution in [2.75, 3.05) is 0 Å². The van der Waals surface area contributed by atoms with Gasteiger partial charge in [0, 0.05) is 16.7 Å². The number of nitro benzene ring substituents is 1. The molecule has 0 bridgehead atoms. The van der Waals surface area contributed by atoms with E-state index in [1.165, 1.54) is 6.07 Å². The SMILES string of the molecule is CC1CCCC(Cc2ccc(Cl)cc2[N+](=O)[O-])(C(=O)O)C1. The largest absolute Gasteiger partial charge is 0.481 e. The highest BCUT2D eigenvalue weighted by Gasteiger charge is 2.43. The first-order valence-electron chi connectivity index (χ1n) is 7.00. The average Bonchev–Trinajstić information content (AvgIpc) is 2.40. The van der Waals surface area contributed by atoms with Crippen LogP contribution in [0.15, 0.2) is 18.2 Å². The molecule has 0 spiro atoms. The van der Waals surface area contributed by atoms with Gasteiger partial charge in [0.2, 0.25) is 0 Å². The van der Waals surface area contributed by atoms with Crippen LogP contribution in [0.4, 0.5) is 5.69 Å². The zero-order valence-corrected chi connectivity index (χ0v) is 12.6. The topological polar surface area (TPSA) is 80.4 Å². The summed E-state index contributed by atoms with van der Waals surface area (Å²) >= 11 is 5.80. The van der Waals surface area contributed by atoms with E-state index in [0.29, 0.717) is 24.3 Å². The Morgan fingerprint density at radius 1 is 1.57 bits per heavy atom. The molecule has 6 heteroatoms. The second-order valence-electron chi connectivity index (χ2n) is 5.99. The smallest absolute Gasteiger partial charge is 0.309 e. The minimum Gasteiger partial charge on any atom is -0.481 e. The summed E-state index contributed by atoms with van der Waals surface area (Å²) in [6.45, 7) is 2.03. The van der Waals surface area contributed by atoms with Crippen LogP contribution in [0.25, 0.3) is 0 Å². The predicted molar refractivity (Wildman–Crippen MR) is 79.5 cm³/mol. The first-order valence-corrected chi connectivity index (χ1v) is 7.38. The lowest BCUT2D eigenvalue weighted by atomic mass is 9.67. The Hall–Kier alpha value is -1.62. The van der Waals surface area contributed by atoms with Crippen molar-refractivity contribution in [2.24, 2.45) is 11.3 Å². The number of halogens is 1. The summed E-state index contributed by atoms with van der Waals surface area (Å²) in [4.78, 5) is 22.4. The molecule has 21 heavy (non-hydrogen) atoms. The lowest BCUT2D eigenvalue weighted by molar-refractivity contribution is -0.385. The quantitative estimate of drug-likeness (QED) is 0.671. The fraction of sp³-hybridized carbons (Fsp3) is 0.533. The Bertz CT molecular complexity index is 575. The van der Waals surface area contributed by atoms with Gasteiger partial charge in [0.25, 0.3) is 5.69 Å². The molecule has 2 atom stereocenters. The van der Waals surface area contributed by atoms with Crippen LogP contribution < -0.4 is 0 Å². The van der Waals surface area contributed by atoms with Crippen LogP contribution >= 0.6 is 11.6 Å². The van der Waals surface area contributed by atoms with Crippen molar-refractivity contribution in [3.8, 4) is 0 Å². The molecular weight excluding hydrogens is 294 g/mol.